The van der Waals surface area contributed by atoms with E-state index in [4.69, 9.17) is 11.6 Å². The Hall–Kier alpha value is -1.52. The molecule has 0 aliphatic heterocycles. The van der Waals surface area contributed by atoms with Gasteiger partial charge in [-0.3, -0.25) is 4.79 Å². The van der Waals surface area contributed by atoms with Gasteiger partial charge >= 0.3 is 0 Å². The number of fused-ring (bicyclic) bond motifs is 1. The summed E-state index contributed by atoms with van der Waals surface area (Å²) in [5.41, 5.74) is 1.36. The number of hydrogen-bond acceptors (Lipinski definition) is 2. The molecule has 0 spiro atoms. The van der Waals surface area contributed by atoms with Crippen molar-refractivity contribution in [1.82, 2.24) is 15.2 Å². The van der Waals surface area contributed by atoms with Gasteiger partial charge in [-0.25, -0.2) is 0 Å². The number of likely N-dealkylation sites (N-methyl/N-ethyl adjacent to an activating group) is 1. The van der Waals surface area contributed by atoms with Gasteiger partial charge in [0, 0.05) is 18.5 Å². The van der Waals surface area contributed by atoms with Crippen LogP contribution in [0.25, 0.3) is 10.9 Å². The quantitative estimate of drug-likeness (QED) is 0.860. The zero-order valence-electron chi connectivity index (χ0n) is 11.9. The van der Waals surface area contributed by atoms with Crippen molar-refractivity contribution in [3.63, 3.8) is 0 Å². The van der Waals surface area contributed by atoms with E-state index in [1.165, 1.54) is 0 Å². The Kier molecular flexibility index (Phi) is 5.04. The van der Waals surface area contributed by atoms with Crippen molar-refractivity contribution in [2.75, 3.05) is 26.2 Å². The monoisotopic (exact) mass is 293 g/mol. The zero-order chi connectivity index (χ0) is 14.5. The lowest BCUT2D eigenvalue weighted by Crippen LogP contribution is -2.34. The first-order valence-electron chi connectivity index (χ1n) is 6.93. The molecule has 0 fully saturated rings. The molecule has 2 N–H and O–H groups in total. The number of aromatic amines is 1. The van der Waals surface area contributed by atoms with Gasteiger partial charge in [-0.2, -0.15) is 0 Å². The number of carbonyl (C=O) groups excluding carboxylic acids is 1. The Labute approximate surface area is 124 Å². The maximum absolute atomic E-state index is 12.1. The number of aromatic nitrogens is 1. The molecule has 2 aromatic rings. The van der Waals surface area contributed by atoms with Crippen molar-refractivity contribution in [3.8, 4) is 0 Å². The van der Waals surface area contributed by atoms with Gasteiger partial charge in [0.05, 0.1) is 10.5 Å². The Balaban J connectivity index is 1.99. The fraction of sp³-hybridized carbons (Fsp3) is 0.400. The average Bonchev–Trinajstić information content (AvgIpc) is 2.89. The SMILES string of the molecule is CCN(CC)CCNC(=O)c1cc2cccc(Cl)c2[nH]1. The van der Waals surface area contributed by atoms with Gasteiger partial charge in [-0.05, 0) is 25.2 Å². The average molecular weight is 294 g/mol. The first kappa shape index (κ1) is 14.9. The van der Waals surface area contributed by atoms with Crippen LogP contribution < -0.4 is 5.32 Å². The lowest BCUT2D eigenvalue weighted by Gasteiger charge is -2.17. The standard InChI is InChI=1S/C15H20ClN3O/c1-3-19(4-2)9-8-17-15(20)13-10-11-6-5-7-12(16)14(11)18-13/h5-7,10,18H,3-4,8-9H2,1-2H3,(H,17,20). The lowest BCUT2D eigenvalue weighted by atomic mass is 10.2. The van der Waals surface area contributed by atoms with Gasteiger partial charge in [0.25, 0.3) is 5.91 Å². The molecule has 1 aromatic heterocycles. The van der Waals surface area contributed by atoms with E-state index in [-0.39, 0.29) is 5.91 Å². The number of nitrogens with one attached hydrogen (secondary N) is 2. The molecule has 0 radical (unpaired) electrons. The molecule has 0 saturated carbocycles. The van der Waals surface area contributed by atoms with Crippen LogP contribution >= 0.6 is 11.6 Å². The summed E-state index contributed by atoms with van der Waals surface area (Å²) in [5, 5.41) is 4.50. The number of rotatable bonds is 6. The van der Waals surface area contributed by atoms with E-state index in [9.17, 15) is 4.79 Å². The molecule has 1 amide bonds. The van der Waals surface area contributed by atoms with Crippen LogP contribution in [0.4, 0.5) is 0 Å². The minimum absolute atomic E-state index is 0.0931. The van der Waals surface area contributed by atoms with E-state index in [2.05, 4.69) is 29.0 Å². The Bertz CT molecular complexity index is 590. The van der Waals surface area contributed by atoms with Gasteiger partial charge in [-0.15, -0.1) is 0 Å². The van der Waals surface area contributed by atoms with Crippen LogP contribution in [0.2, 0.25) is 5.02 Å². The third-order valence-electron chi connectivity index (χ3n) is 3.46. The second-order valence-electron chi connectivity index (χ2n) is 4.67. The van der Waals surface area contributed by atoms with Gasteiger partial charge < -0.3 is 15.2 Å². The largest absolute Gasteiger partial charge is 0.349 e. The molecular weight excluding hydrogens is 274 g/mol. The molecule has 4 nitrogen and oxygen atoms in total. The van der Waals surface area contributed by atoms with Crippen LogP contribution in [-0.2, 0) is 0 Å². The number of carbonyl (C=O) groups is 1. The smallest absolute Gasteiger partial charge is 0.267 e. The van der Waals surface area contributed by atoms with Crippen LogP contribution in [-0.4, -0.2) is 42.0 Å². The molecule has 0 bridgehead atoms. The van der Waals surface area contributed by atoms with Crippen LogP contribution in [0.15, 0.2) is 24.3 Å². The second kappa shape index (κ2) is 6.77. The highest BCUT2D eigenvalue weighted by Crippen LogP contribution is 2.23. The van der Waals surface area contributed by atoms with E-state index in [1.807, 2.05) is 24.3 Å². The number of H-pyrrole nitrogens is 1. The normalized spacial score (nSPS) is 11.2. The minimum Gasteiger partial charge on any atom is -0.349 e. The molecule has 2 rings (SSSR count). The maximum atomic E-state index is 12.1. The number of benzene rings is 1. The molecule has 108 valence electrons. The van der Waals surface area contributed by atoms with Crippen molar-refractivity contribution < 1.29 is 4.79 Å². The summed E-state index contributed by atoms with van der Waals surface area (Å²) in [5.74, 6) is -0.0931. The summed E-state index contributed by atoms with van der Waals surface area (Å²) < 4.78 is 0. The first-order chi connectivity index (χ1) is 9.65. The number of para-hydroxylation sites is 1. The summed E-state index contributed by atoms with van der Waals surface area (Å²) in [6, 6.07) is 7.45. The minimum atomic E-state index is -0.0931. The Morgan fingerprint density at radius 3 is 2.75 bits per heavy atom. The van der Waals surface area contributed by atoms with Gasteiger partial charge in [0.2, 0.25) is 0 Å². The first-order valence-corrected chi connectivity index (χ1v) is 7.31. The molecule has 0 aliphatic rings. The van der Waals surface area contributed by atoms with E-state index < -0.39 is 0 Å². The van der Waals surface area contributed by atoms with E-state index in [1.54, 1.807) is 0 Å². The molecule has 1 aromatic carbocycles. The number of amides is 1. The topological polar surface area (TPSA) is 48.1 Å². The zero-order valence-corrected chi connectivity index (χ0v) is 12.6. The Morgan fingerprint density at radius 1 is 1.35 bits per heavy atom. The van der Waals surface area contributed by atoms with Gasteiger partial charge in [-0.1, -0.05) is 37.6 Å². The van der Waals surface area contributed by atoms with E-state index in [0.29, 0.717) is 17.3 Å². The fourth-order valence-corrected chi connectivity index (χ4v) is 2.43. The molecular formula is C15H20ClN3O. The molecule has 0 unspecified atom stereocenters. The van der Waals surface area contributed by atoms with Crippen LogP contribution in [0, 0.1) is 0 Å². The highest BCUT2D eigenvalue weighted by Gasteiger charge is 2.10. The maximum Gasteiger partial charge on any atom is 0.267 e. The van der Waals surface area contributed by atoms with Gasteiger partial charge in [0.15, 0.2) is 0 Å². The fourth-order valence-electron chi connectivity index (χ4n) is 2.20. The third kappa shape index (κ3) is 3.32. The molecule has 0 aliphatic carbocycles. The van der Waals surface area contributed by atoms with Crippen LogP contribution in [0.3, 0.4) is 0 Å². The van der Waals surface area contributed by atoms with Crippen LogP contribution in [0.1, 0.15) is 24.3 Å². The van der Waals surface area contributed by atoms with Crippen molar-refractivity contribution in [3.05, 3.63) is 35.0 Å². The highest BCUT2D eigenvalue weighted by atomic mass is 35.5. The number of nitrogens with zero attached hydrogens (tertiary/aromatic N) is 1. The number of halogens is 1. The van der Waals surface area contributed by atoms with E-state index >= 15 is 0 Å². The van der Waals surface area contributed by atoms with Gasteiger partial charge in [0.1, 0.15) is 5.69 Å². The molecule has 1 heterocycles. The number of hydrogen-bond donors (Lipinski definition) is 2. The van der Waals surface area contributed by atoms with E-state index in [0.717, 1.165) is 30.5 Å². The van der Waals surface area contributed by atoms with Crippen molar-refractivity contribution in [2.45, 2.75) is 13.8 Å². The van der Waals surface area contributed by atoms with Crippen LogP contribution in [0.5, 0.6) is 0 Å². The molecule has 0 saturated heterocycles. The van der Waals surface area contributed by atoms with Crippen molar-refractivity contribution in [1.29, 1.82) is 0 Å². The summed E-state index contributed by atoms with van der Waals surface area (Å²) in [6.45, 7) is 7.72. The summed E-state index contributed by atoms with van der Waals surface area (Å²) >= 11 is 6.09. The van der Waals surface area contributed by atoms with Crippen molar-refractivity contribution in [2.24, 2.45) is 0 Å². The van der Waals surface area contributed by atoms with Crippen molar-refractivity contribution >= 4 is 28.4 Å². The summed E-state index contributed by atoms with van der Waals surface area (Å²) in [7, 11) is 0. The predicted octanol–water partition coefficient (Wildman–Crippen LogP) is 2.89. The highest BCUT2D eigenvalue weighted by molar-refractivity contribution is 6.35. The molecule has 5 heteroatoms. The lowest BCUT2D eigenvalue weighted by molar-refractivity contribution is 0.0945. The third-order valence-corrected chi connectivity index (χ3v) is 3.77. The molecule has 20 heavy (non-hydrogen) atoms. The Morgan fingerprint density at radius 2 is 2.10 bits per heavy atom. The summed E-state index contributed by atoms with van der Waals surface area (Å²) in [6.07, 6.45) is 0. The predicted molar refractivity (Wildman–Crippen MR) is 83.4 cm³/mol. The molecule has 0 atom stereocenters. The summed E-state index contributed by atoms with van der Waals surface area (Å²) in [4.78, 5) is 17.4. The second-order valence-corrected chi connectivity index (χ2v) is 5.08.